The van der Waals surface area contributed by atoms with Crippen molar-refractivity contribution in [2.45, 2.75) is 18.7 Å². The van der Waals surface area contributed by atoms with Crippen LogP contribution in [-0.2, 0) is 10.8 Å². The van der Waals surface area contributed by atoms with Crippen LogP contribution in [0.4, 0.5) is 0 Å². The van der Waals surface area contributed by atoms with Crippen LogP contribution in [0.3, 0.4) is 0 Å². The molecule has 0 saturated heterocycles. The van der Waals surface area contributed by atoms with Crippen LogP contribution in [0.15, 0.2) is 53.4 Å². The van der Waals surface area contributed by atoms with Gasteiger partial charge < -0.3 is 0 Å². The molecule has 0 aliphatic heterocycles. The fraction of sp³-hybridized carbons (Fsp3) is 0.188. The number of carbonyl (C=O) groups excluding carboxylic acids is 1. The molecule has 1 atom stereocenters. The van der Waals surface area contributed by atoms with E-state index in [1.165, 1.54) is 0 Å². The maximum absolute atomic E-state index is 12.2. The molecule has 0 N–H and O–H groups in total. The second-order valence-electron chi connectivity index (χ2n) is 4.54. The van der Waals surface area contributed by atoms with Gasteiger partial charge in [0, 0.05) is 10.5 Å². The van der Waals surface area contributed by atoms with Crippen LogP contribution < -0.4 is 0 Å². The Balaban J connectivity index is 2.15. The third-order valence-corrected chi connectivity index (χ3v) is 4.27. The van der Waals surface area contributed by atoms with Crippen LogP contribution in [0.1, 0.15) is 21.5 Å². The molecule has 2 aromatic rings. The first-order valence-corrected chi connectivity index (χ1v) is 7.43. The highest BCUT2D eigenvalue weighted by Gasteiger charge is 2.14. The second kappa shape index (κ2) is 5.93. The van der Waals surface area contributed by atoms with E-state index in [9.17, 15) is 9.00 Å². The molecule has 3 heteroatoms. The summed E-state index contributed by atoms with van der Waals surface area (Å²) in [6.07, 6.45) is 0. The lowest BCUT2D eigenvalue weighted by Crippen LogP contribution is -2.12. The number of aryl methyl sites for hydroxylation is 2. The van der Waals surface area contributed by atoms with Crippen molar-refractivity contribution in [1.29, 1.82) is 0 Å². The predicted octanol–water partition coefficient (Wildman–Crippen LogP) is 3.29. The van der Waals surface area contributed by atoms with E-state index in [1.54, 1.807) is 12.1 Å². The number of hydrogen-bond acceptors (Lipinski definition) is 2. The van der Waals surface area contributed by atoms with Gasteiger partial charge in [-0.25, -0.2) is 0 Å². The van der Waals surface area contributed by atoms with Gasteiger partial charge in [-0.05, 0) is 31.5 Å². The van der Waals surface area contributed by atoms with Gasteiger partial charge in [0.1, 0.15) is 0 Å². The van der Waals surface area contributed by atoms with Gasteiger partial charge in [-0.15, -0.1) is 0 Å². The molecule has 0 heterocycles. The first-order valence-electron chi connectivity index (χ1n) is 6.12. The van der Waals surface area contributed by atoms with Crippen molar-refractivity contribution in [2.75, 3.05) is 5.75 Å². The Bertz CT molecular complexity index is 618. The van der Waals surface area contributed by atoms with E-state index in [-0.39, 0.29) is 11.5 Å². The Labute approximate surface area is 115 Å². The lowest BCUT2D eigenvalue weighted by molar-refractivity contribution is 0.102. The SMILES string of the molecule is Cc1ccc(C(=O)CS(=O)c2ccccc2)c(C)c1. The molecule has 19 heavy (non-hydrogen) atoms. The van der Waals surface area contributed by atoms with Gasteiger partial charge in [-0.1, -0.05) is 42.0 Å². The average molecular weight is 272 g/mol. The molecule has 2 nitrogen and oxygen atoms in total. The van der Waals surface area contributed by atoms with E-state index in [0.29, 0.717) is 10.5 Å². The number of benzene rings is 2. The average Bonchev–Trinajstić information content (AvgIpc) is 2.39. The second-order valence-corrected chi connectivity index (χ2v) is 6.00. The standard InChI is InChI=1S/C16H16O2S/c1-12-8-9-15(13(2)10-12)16(17)11-19(18)14-6-4-3-5-7-14/h3-10H,11H2,1-2H3. The first-order chi connectivity index (χ1) is 9.08. The topological polar surface area (TPSA) is 34.1 Å². The lowest BCUT2D eigenvalue weighted by atomic mass is 10.0. The molecule has 0 spiro atoms. The minimum absolute atomic E-state index is 0.0356. The first kappa shape index (κ1) is 13.7. The highest BCUT2D eigenvalue weighted by atomic mass is 32.2. The Morgan fingerprint density at radius 3 is 2.37 bits per heavy atom. The van der Waals surface area contributed by atoms with Gasteiger partial charge in [-0.3, -0.25) is 9.00 Å². The van der Waals surface area contributed by atoms with Gasteiger partial charge in [0.25, 0.3) is 0 Å². The minimum Gasteiger partial charge on any atom is -0.293 e. The molecule has 0 radical (unpaired) electrons. The predicted molar refractivity (Wildman–Crippen MR) is 78.0 cm³/mol. The number of Topliss-reactive ketones (excluding diaryl/α,β-unsaturated/α-hetero) is 1. The number of ketones is 1. The van der Waals surface area contributed by atoms with E-state index in [0.717, 1.165) is 11.1 Å². The van der Waals surface area contributed by atoms with E-state index in [1.807, 2.05) is 50.2 Å². The summed E-state index contributed by atoms with van der Waals surface area (Å²) >= 11 is 0. The van der Waals surface area contributed by atoms with Crippen LogP contribution in [-0.4, -0.2) is 15.7 Å². The Kier molecular flexibility index (Phi) is 4.27. The van der Waals surface area contributed by atoms with Crippen molar-refractivity contribution in [3.8, 4) is 0 Å². The molecule has 0 bridgehead atoms. The van der Waals surface area contributed by atoms with Crippen LogP contribution >= 0.6 is 0 Å². The van der Waals surface area contributed by atoms with E-state index in [4.69, 9.17) is 0 Å². The Morgan fingerprint density at radius 1 is 1.05 bits per heavy atom. The fourth-order valence-corrected chi connectivity index (χ4v) is 3.00. The highest BCUT2D eigenvalue weighted by Crippen LogP contribution is 2.13. The van der Waals surface area contributed by atoms with Crippen LogP contribution in [0.25, 0.3) is 0 Å². The van der Waals surface area contributed by atoms with Crippen molar-refractivity contribution in [3.63, 3.8) is 0 Å². The van der Waals surface area contributed by atoms with Crippen molar-refractivity contribution >= 4 is 16.6 Å². The van der Waals surface area contributed by atoms with Crippen molar-refractivity contribution in [3.05, 3.63) is 65.2 Å². The third-order valence-electron chi connectivity index (χ3n) is 2.95. The van der Waals surface area contributed by atoms with Crippen LogP contribution in [0.5, 0.6) is 0 Å². The van der Waals surface area contributed by atoms with Gasteiger partial charge in [-0.2, -0.15) is 0 Å². The summed E-state index contributed by atoms with van der Waals surface area (Å²) in [6.45, 7) is 3.90. The summed E-state index contributed by atoms with van der Waals surface area (Å²) in [4.78, 5) is 12.9. The van der Waals surface area contributed by atoms with Crippen molar-refractivity contribution in [1.82, 2.24) is 0 Å². The molecule has 1 unspecified atom stereocenters. The number of hydrogen-bond donors (Lipinski definition) is 0. The summed E-state index contributed by atoms with van der Waals surface area (Å²) in [5.41, 5.74) is 2.73. The fourth-order valence-electron chi connectivity index (χ4n) is 1.98. The van der Waals surface area contributed by atoms with Gasteiger partial charge in [0.15, 0.2) is 5.78 Å². The molecule has 0 aromatic heterocycles. The maximum Gasteiger partial charge on any atom is 0.175 e. The van der Waals surface area contributed by atoms with E-state index >= 15 is 0 Å². The smallest absolute Gasteiger partial charge is 0.175 e. The molecule has 0 aliphatic carbocycles. The molecule has 2 rings (SSSR count). The van der Waals surface area contributed by atoms with Gasteiger partial charge in [0.05, 0.1) is 16.6 Å². The summed E-state index contributed by atoms with van der Waals surface area (Å²) in [5, 5.41) is 0. The largest absolute Gasteiger partial charge is 0.293 e. The van der Waals surface area contributed by atoms with Crippen molar-refractivity contribution in [2.24, 2.45) is 0 Å². The van der Waals surface area contributed by atoms with E-state index < -0.39 is 10.8 Å². The van der Waals surface area contributed by atoms with Crippen LogP contribution in [0, 0.1) is 13.8 Å². The van der Waals surface area contributed by atoms with Crippen LogP contribution in [0.2, 0.25) is 0 Å². The quantitative estimate of drug-likeness (QED) is 0.800. The summed E-state index contributed by atoms with van der Waals surface area (Å²) < 4.78 is 12.1. The molecule has 0 fully saturated rings. The van der Waals surface area contributed by atoms with E-state index in [2.05, 4.69) is 0 Å². The molecule has 0 aliphatic rings. The molecule has 98 valence electrons. The normalized spacial score (nSPS) is 12.1. The van der Waals surface area contributed by atoms with Crippen molar-refractivity contribution < 1.29 is 9.00 Å². The minimum atomic E-state index is -1.28. The molecule has 2 aromatic carbocycles. The van der Waals surface area contributed by atoms with Gasteiger partial charge >= 0.3 is 0 Å². The Morgan fingerprint density at radius 2 is 1.74 bits per heavy atom. The highest BCUT2D eigenvalue weighted by molar-refractivity contribution is 7.85. The lowest BCUT2D eigenvalue weighted by Gasteiger charge is -2.06. The molecular weight excluding hydrogens is 256 g/mol. The summed E-state index contributed by atoms with van der Waals surface area (Å²) in [5.74, 6) is -0.0341. The zero-order valence-corrected chi connectivity index (χ0v) is 11.9. The monoisotopic (exact) mass is 272 g/mol. The number of rotatable bonds is 4. The zero-order chi connectivity index (χ0) is 13.8. The molecular formula is C16H16O2S. The maximum atomic E-state index is 12.2. The molecule has 0 saturated carbocycles. The third kappa shape index (κ3) is 3.38. The van der Waals surface area contributed by atoms with Gasteiger partial charge in [0.2, 0.25) is 0 Å². The zero-order valence-electron chi connectivity index (χ0n) is 11.1. The summed E-state index contributed by atoms with van der Waals surface area (Å²) in [7, 11) is -1.28. The molecule has 0 amide bonds. The Hall–Kier alpha value is -1.74. The summed E-state index contributed by atoms with van der Waals surface area (Å²) in [6, 6.07) is 14.8. The number of carbonyl (C=O) groups is 1.